The number of piperazine rings is 1. The first-order valence-corrected chi connectivity index (χ1v) is 12.5. The van der Waals surface area contributed by atoms with Crippen LogP contribution in [0.25, 0.3) is 0 Å². The zero-order chi connectivity index (χ0) is 25.7. The summed E-state index contributed by atoms with van der Waals surface area (Å²) in [6.45, 7) is 4.78. The van der Waals surface area contributed by atoms with Gasteiger partial charge in [0.25, 0.3) is 5.91 Å². The first-order chi connectivity index (χ1) is 17.2. The Balaban J connectivity index is 1.33. The van der Waals surface area contributed by atoms with Gasteiger partial charge in [0, 0.05) is 36.7 Å². The summed E-state index contributed by atoms with van der Waals surface area (Å²) in [6.07, 6.45) is -2.94. The number of aliphatic carboxylic acids is 1. The molecule has 4 rings (SSSR count). The Labute approximate surface area is 209 Å². The lowest BCUT2D eigenvalue weighted by atomic mass is 9.81. The smallest absolute Gasteiger partial charge is 0.416 e. The first-order valence-electron chi connectivity index (χ1n) is 12.5. The largest absolute Gasteiger partial charge is 0.550 e. The number of carbonyl (C=O) groups is 2. The van der Waals surface area contributed by atoms with Gasteiger partial charge in [-0.2, -0.15) is 13.2 Å². The fourth-order valence-electron chi connectivity index (χ4n) is 5.44. The number of likely N-dealkylation sites (tertiary alicyclic amines) is 1. The Bertz CT molecular complexity index is 1040. The van der Waals surface area contributed by atoms with E-state index in [4.69, 9.17) is 0 Å². The predicted molar refractivity (Wildman–Crippen MR) is 127 cm³/mol. The van der Waals surface area contributed by atoms with E-state index in [1.807, 2.05) is 28.0 Å². The van der Waals surface area contributed by atoms with Gasteiger partial charge in [-0.3, -0.25) is 4.79 Å². The van der Waals surface area contributed by atoms with Gasteiger partial charge >= 0.3 is 6.18 Å². The Hall–Kier alpha value is -3.07. The van der Waals surface area contributed by atoms with Crippen molar-refractivity contribution in [2.24, 2.45) is 11.8 Å². The van der Waals surface area contributed by atoms with E-state index < -0.39 is 17.7 Å². The molecule has 2 atom stereocenters. The minimum absolute atomic E-state index is 0.00328. The van der Waals surface area contributed by atoms with Crippen LogP contribution in [0.4, 0.5) is 18.9 Å². The molecule has 0 spiro atoms. The number of carboxylic acid groups (broad SMARTS) is 1. The van der Waals surface area contributed by atoms with E-state index in [1.54, 1.807) is 18.2 Å². The van der Waals surface area contributed by atoms with Crippen molar-refractivity contribution in [2.75, 3.05) is 50.7 Å². The van der Waals surface area contributed by atoms with Crippen molar-refractivity contribution in [1.82, 2.24) is 4.90 Å². The van der Waals surface area contributed by atoms with Crippen molar-refractivity contribution in [3.63, 3.8) is 0 Å². The molecule has 6 nitrogen and oxygen atoms in total. The maximum atomic E-state index is 13.1. The average molecular weight is 504 g/mol. The molecule has 194 valence electrons. The molecule has 0 unspecified atom stereocenters. The highest BCUT2D eigenvalue weighted by Crippen LogP contribution is 2.32. The number of nitrogens with zero attached hydrogens (tertiary/aromatic N) is 2. The molecular weight excluding hydrogens is 471 g/mol. The molecule has 2 aromatic carbocycles. The first kappa shape index (κ1) is 26.0. The standard InChI is InChI=1S/C27H32F3N3O3/c28-27(29,30)23-7-4-8-24(18-23)32-15-13-31(14-16-32)11-9-22-19-33(12-10-21(22)17-25(34)35)26(36)20-5-2-1-3-6-20/h1-8,18,21-22H,9-17,19H2,(H,34,35)/t21-,22-/m0/s1. The number of hydrogen-bond donors (Lipinski definition) is 1. The second-order valence-corrected chi connectivity index (χ2v) is 9.83. The van der Waals surface area contributed by atoms with Crippen LogP contribution in [-0.4, -0.2) is 62.6 Å². The molecule has 1 N–H and O–H groups in total. The number of hydrogen-bond acceptors (Lipinski definition) is 4. The summed E-state index contributed by atoms with van der Waals surface area (Å²) in [6, 6.07) is 14.6. The summed E-state index contributed by atoms with van der Waals surface area (Å²) in [5.41, 5.74) is 0.576. The SMILES string of the molecule is O=C([O-])C[C@@H]1CCN(C(=O)c2ccccc2)C[C@@H]1CC[NH+]1CCN(c2cccc(C(F)(F)F)c2)CC1. The predicted octanol–water partition coefficient (Wildman–Crippen LogP) is 1.72. The second kappa shape index (κ2) is 11.3. The molecule has 9 heteroatoms. The number of benzene rings is 2. The summed E-state index contributed by atoms with van der Waals surface area (Å²) in [4.78, 5) is 29.4. The summed E-state index contributed by atoms with van der Waals surface area (Å²) in [5.74, 6) is -1.05. The van der Waals surface area contributed by atoms with Crippen LogP contribution < -0.4 is 14.9 Å². The fourth-order valence-corrected chi connectivity index (χ4v) is 5.44. The molecule has 2 aromatic rings. The van der Waals surface area contributed by atoms with Gasteiger partial charge in [0.05, 0.1) is 38.3 Å². The van der Waals surface area contributed by atoms with Crippen LogP contribution in [0.15, 0.2) is 54.6 Å². The Morgan fingerprint density at radius 1 is 0.972 bits per heavy atom. The highest BCUT2D eigenvalue weighted by Gasteiger charge is 2.34. The van der Waals surface area contributed by atoms with Crippen LogP contribution in [0.2, 0.25) is 0 Å². The maximum absolute atomic E-state index is 13.1. The molecule has 36 heavy (non-hydrogen) atoms. The van der Waals surface area contributed by atoms with Crippen LogP contribution in [0.1, 0.15) is 35.2 Å². The van der Waals surface area contributed by atoms with Crippen molar-refractivity contribution >= 4 is 17.6 Å². The molecule has 2 heterocycles. The molecule has 2 aliphatic rings. The third kappa shape index (κ3) is 6.57. The highest BCUT2D eigenvalue weighted by molar-refractivity contribution is 5.94. The van der Waals surface area contributed by atoms with Crippen molar-refractivity contribution in [1.29, 1.82) is 0 Å². The van der Waals surface area contributed by atoms with Gasteiger partial charge in [0.1, 0.15) is 0 Å². The zero-order valence-electron chi connectivity index (χ0n) is 20.2. The average Bonchev–Trinajstić information content (AvgIpc) is 2.88. The van der Waals surface area contributed by atoms with Crippen LogP contribution in [0, 0.1) is 11.8 Å². The van der Waals surface area contributed by atoms with Gasteiger partial charge in [0.15, 0.2) is 0 Å². The highest BCUT2D eigenvalue weighted by atomic mass is 19.4. The lowest BCUT2D eigenvalue weighted by molar-refractivity contribution is -0.901. The van der Waals surface area contributed by atoms with Crippen molar-refractivity contribution in [2.45, 2.75) is 25.4 Å². The molecule has 2 aliphatic heterocycles. The molecule has 0 radical (unpaired) electrons. The summed E-state index contributed by atoms with van der Waals surface area (Å²) in [7, 11) is 0. The lowest BCUT2D eigenvalue weighted by Crippen LogP contribution is -3.15. The van der Waals surface area contributed by atoms with Gasteiger partial charge in [-0.05, 0) is 55.0 Å². The van der Waals surface area contributed by atoms with Crippen LogP contribution in [0.3, 0.4) is 0 Å². The Morgan fingerprint density at radius 3 is 2.36 bits per heavy atom. The van der Waals surface area contributed by atoms with E-state index in [9.17, 15) is 27.9 Å². The summed E-state index contributed by atoms with van der Waals surface area (Å²) in [5, 5.41) is 11.3. The monoisotopic (exact) mass is 503 g/mol. The minimum atomic E-state index is -4.36. The summed E-state index contributed by atoms with van der Waals surface area (Å²) < 4.78 is 39.2. The second-order valence-electron chi connectivity index (χ2n) is 9.83. The zero-order valence-corrected chi connectivity index (χ0v) is 20.2. The molecule has 2 fully saturated rings. The quantitative estimate of drug-likeness (QED) is 0.625. The van der Waals surface area contributed by atoms with Gasteiger partial charge in [0.2, 0.25) is 0 Å². The van der Waals surface area contributed by atoms with E-state index in [0.29, 0.717) is 43.9 Å². The number of quaternary nitrogens is 1. The van der Waals surface area contributed by atoms with Crippen molar-refractivity contribution in [3.8, 4) is 0 Å². The van der Waals surface area contributed by atoms with E-state index >= 15 is 0 Å². The van der Waals surface area contributed by atoms with Crippen LogP contribution in [0.5, 0.6) is 0 Å². The van der Waals surface area contributed by atoms with Crippen molar-refractivity contribution in [3.05, 3.63) is 65.7 Å². The third-order valence-corrected chi connectivity index (χ3v) is 7.51. The van der Waals surface area contributed by atoms with Gasteiger partial charge in [-0.1, -0.05) is 24.3 Å². The van der Waals surface area contributed by atoms with E-state index in [1.165, 1.54) is 17.0 Å². The van der Waals surface area contributed by atoms with Gasteiger partial charge < -0.3 is 24.6 Å². The van der Waals surface area contributed by atoms with E-state index in [0.717, 1.165) is 32.1 Å². The number of alkyl halides is 3. The summed E-state index contributed by atoms with van der Waals surface area (Å²) >= 11 is 0. The molecule has 0 bridgehead atoms. The van der Waals surface area contributed by atoms with Crippen LogP contribution in [-0.2, 0) is 11.0 Å². The van der Waals surface area contributed by atoms with Gasteiger partial charge in [-0.25, -0.2) is 0 Å². The van der Waals surface area contributed by atoms with Crippen LogP contribution >= 0.6 is 0 Å². The Kier molecular flexibility index (Phi) is 8.18. The number of carbonyl (C=O) groups excluding carboxylic acids is 2. The van der Waals surface area contributed by atoms with E-state index in [-0.39, 0.29) is 24.2 Å². The number of rotatable bonds is 7. The minimum Gasteiger partial charge on any atom is -0.550 e. The number of anilines is 1. The molecular formula is C27H32F3N3O3. The number of carboxylic acids is 1. The molecule has 1 amide bonds. The van der Waals surface area contributed by atoms with E-state index in [2.05, 4.69) is 0 Å². The third-order valence-electron chi connectivity index (χ3n) is 7.51. The fraction of sp³-hybridized carbons (Fsp3) is 0.481. The normalized spacial score (nSPS) is 21.4. The van der Waals surface area contributed by atoms with Gasteiger partial charge in [-0.15, -0.1) is 0 Å². The molecule has 2 saturated heterocycles. The molecule has 0 aromatic heterocycles. The number of halogens is 3. The maximum Gasteiger partial charge on any atom is 0.416 e. The number of amides is 1. The topological polar surface area (TPSA) is 68.1 Å². The molecule has 0 aliphatic carbocycles. The number of nitrogens with one attached hydrogen (secondary N) is 1. The molecule has 0 saturated carbocycles. The number of piperidine rings is 1. The Morgan fingerprint density at radius 2 is 1.69 bits per heavy atom. The lowest BCUT2D eigenvalue weighted by Gasteiger charge is -2.40. The van der Waals surface area contributed by atoms with Crippen molar-refractivity contribution < 1.29 is 32.8 Å².